The molecule has 2 unspecified atom stereocenters. The Kier molecular flexibility index (Phi) is 4.55. The van der Waals surface area contributed by atoms with Crippen LogP contribution in [0.1, 0.15) is 49.0 Å². The molecule has 108 valence electrons. The Morgan fingerprint density at radius 3 is 2.50 bits per heavy atom. The summed E-state index contributed by atoms with van der Waals surface area (Å²) < 4.78 is 2.06. The Balaban J connectivity index is 2.53. The lowest BCUT2D eigenvalue weighted by atomic mass is 10.0. The van der Waals surface area contributed by atoms with E-state index < -0.39 is 0 Å². The maximum absolute atomic E-state index is 6.35. The van der Waals surface area contributed by atoms with Crippen LogP contribution in [0.4, 0.5) is 0 Å². The van der Waals surface area contributed by atoms with Gasteiger partial charge in [-0.05, 0) is 44.4 Å². The number of rotatable bonds is 5. The quantitative estimate of drug-likeness (QED) is 0.910. The summed E-state index contributed by atoms with van der Waals surface area (Å²) >= 11 is 0. The molecule has 0 fully saturated rings. The van der Waals surface area contributed by atoms with Gasteiger partial charge in [-0.2, -0.15) is 5.10 Å². The Labute approximate surface area is 121 Å². The van der Waals surface area contributed by atoms with Crippen molar-refractivity contribution in [1.29, 1.82) is 0 Å². The topological polar surface area (TPSA) is 56.7 Å². The van der Waals surface area contributed by atoms with Gasteiger partial charge in [-0.25, -0.2) is 0 Å². The van der Waals surface area contributed by atoms with Crippen LogP contribution in [0, 0.1) is 13.8 Å². The Bertz CT molecular complexity index is 559. The first-order chi connectivity index (χ1) is 9.60. The van der Waals surface area contributed by atoms with E-state index in [1.54, 1.807) is 0 Å². The van der Waals surface area contributed by atoms with Crippen LogP contribution >= 0.6 is 0 Å². The van der Waals surface area contributed by atoms with Crippen molar-refractivity contribution < 1.29 is 0 Å². The molecule has 0 aliphatic carbocycles. The summed E-state index contributed by atoms with van der Waals surface area (Å²) in [6.45, 7) is 8.45. The zero-order chi connectivity index (χ0) is 14.7. The summed E-state index contributed by atoms with van der Waals surface area (Å²) in [6.07, 6.45) is 3.70. The lowest BCUT2D eigenvalue weighted by Crippen LogP contribution is -2.34. The Morgan fingerprint density at radius 1 is 1.25 bits per heavy atom. The van der Waals surface area contributed by atoms with Crippen LogP contribution in [-0.2, 0) is 6.42 Å². The number of aromatic nitrogens is 3. The number of aryl methyl sites for hydroxylation is 1. The van der Waals surface area contributed by atoms with Gasteiger partial charge in [0.25, 0.3) is 0 Å². The molecular formula is C16H24N4. The molecule has 0 aliphatic rings. The van der Waals surface area contributed by atoms with E-state index >= 15 is 0 Å². The van der Waals surface area contributed by atoms with Crippen LogP contribution in [0.25, 0.3) is 0 Å². The van der Waals surface area contributed by atoms with E-state index in [4.69, 9.17) is 10.8 Å². The average Bonchev–Trinajstić information content (AvgIpc) is 2.74. The first-order valence-corrected chi connectivity index (χ1v) is 7.31. The monoisotopic (exact) mass is 272 g/mol. The van der Waals surface area contributed by atoms with E-state index in [0.717, 1.165) is 24.2 Å². The molecule has 0 bridgehead atoms. The van der Waals surface area contributed by atoms with Gasteiger partial charge in [0.05, 0.1) is 11.4 Å². The molecule has 2 heterocycles. The maximum atomic E-state index is 6.35. The van der Waals surface area contributed by atoms with Gasteiger partial charge in [-0.3, -0.25) is 9.67 Å². The van der Waals surface area contributed by atoms with Crippen molar-refractivity contribution in [1.82, 2.24) is 14.8 Å². The van der Waals surface area contributed by atoms with Crippen LogP contribution in [0.2, 0.25) is 0 Å². The van der Waals surface area contributed by atoms with E-state index in [1.165, 1.54) is 11.3 Å². The molecule has 0 amide bonds. The second-order valence-corrected chi connectivity index (χ2v) is 5.22. The number of hydrogen-bond donors (Lipinski definition) is 1. The van der Waals surface area contributed by atoms with Crippen LogP contribution in [0.15, 0.2) is 24.4 Å². The average molecular weight is 272 g/mol. The second kappa shape index (κ2) is 6.18. The van der Waals surface area contributed by atoms with Crippen LogP contribution in [-0.4, -0.2) is 20.8 Å². The molecule has 0 spiro atoms. The van der Waals surface area contributed by atoms with Crippen molar-refractivity contribution in [2.45, 2.75) is 52.6 Å². The highest BCUT2D eigenvalue weighted by molar-refractivity contribution is 5.27. The zero-order valence-corrected chi connectivity index (χ0v) is 12.8. The van der Waals surface area contributed by atoms with Crippen molar-refractivity contribution in [2.24, 2.45) is 5.73 Å². The molecule has 0 radical (unpaired) electrons. The van der Waals surface area contributed by atoms with E-state index in [-0.39, 0.29) is 12.1 Å². The summed E-state index contributed by atoms with van der Waals surface area (Å²) in [4.78, 5) is 4.49. The predicted molar refractivity (Wildman–Crippen MR) is 81.7 cm³/mol. The van der Waals surface area contributed by atoms with Crippen molar-refractivity contribution in [3.63, 3.8) is 0 Å². The van der Waals surface area contributed by atoms with E-state index in [1.807, 2.05) is 24.4 Å². The van der Waals surface area contributed by atoms with Gasteiger partial charge in [0.15, 0.2) is 0 Å². The van der Waals surface area contributed by atoms with Gasteiger partial charge in [-0.15, -0.1) is 0 Å². The first-order valence-electron chi connectivity index (χ1n) is 7.31. The second-order valence-electron chi connectivity index (χ2n) is 5.22. The third-order valence-corrected chi connectivity index (χ3v) is 3.96. The summed E-state index contributed by atoms with van der Waals surface area (Å²) in [5.74, 6) is 0. The van der Waals surface area contributed by atoms with Crippen molar-refractivity contribution in [3.8, 4) is 0 Å². The minimum Gasteiger partial charge on any atom is -0.326 e. The fourth-order valence-electron chi connectivity index (χ4n) is 2.78. The van der Waals surface area contributed by atoms with Gasteiger partial charge >= 0.3 is 0 Å². The number of nitrogens with two attached hydrogens (primary N) is 1. The molecule has 2 aromatic heterocycles. The minimum absolute atomic E-state index is 0.000185. The number of pyridine rings is 1. The van der Waals surface area contributed by atoms with Crippen molar-refractivity contribution in [2.75, 3.05) is 0 Å². The van der Waals surface area contributed by atoms with Crippen molar-refractivity contribution in [3.05, 3.63) is 47.0 Å². The van der Waals surface area contributed by atoms with Crippen LogP contribution in [0.5, 0.6) is 0 Å². The Morgan fingerprint density at radius 2 is 2.00 bits per heavy atom. The van der Waals surface area contributed by atoms with Crippen molar-refractivity contribution >= 4 is 0 Å². The molecule has 0 saturated heterocycles. The zero-order valence-electron chi connectivity index (χ0n) is 12.8. The molecule has 0 saturated carbocycles. The predicted octanol–water partition coefficient (Wildman–Crippen LogP) is 2.78. The summed E-state index contributed by atoms with van der Waals surface area (Å²) in [5, 5.41) is 4.72. The van der Waals surface area contributed by atoms with Gasteiger partial charge < -0.3 is 5.73 Å². The molecule has 2 atom stereocenters. The summed E-state index contributed by atoms with van der Waals surface area (Å²) in [5.41, 5.74) is 10.9. The fraction of sp³-hybridized carbons (Fsp3) is 0.500. The van der Waals surface area contributed by atoms with Gasteiger partial charge in [0.1, 0.15) is 6.04 Å². The third kappa shape index (κ3) is 2.61. The Hall–Kier alpha value is -1.68. The summed E-state index contributed by atoms with van der Waals surface area (Å²) in [6, 6.07) is 5.97. The fourth-order valence-corrected chi connectivity index (χ4v) is 2.78. The molecule has 4 heteroatoms. The third-order valence-electron chi connectivity index (χ3n) is 3.96. The SMILES string of the molecule is CCc1c(C)nn(C(c2ccccn2)C(N)CC)c1C. The minimum atomic E-state index is 0.000185. The molecule has 20 heavy (non-hydrogen) atoms. The van der Waals surface area contributed by atoms with Crippen LogP contribution in [0.3, 0.4) is 0 Å². The lowest BCUT2D eigenvalue weighted by molar-refractivity contribution is 0.407. The standard InChI is InChI=1S/C16H24N4/c1-5-13-11(3)19-20(12(13)4)16(14(17)6-2)15-9-7-8-10-18-15/h7-10,14,16H,5-6,17H2,1-4H3. The molecule has 0 aliphatic heterocycles. The summed E-state index contributed by atoms with van der Waals surface area (Å²) in [7, 11) is 0. The van der Waals surface area contributed by atoms with Crippen LogP contribution < -0.4 is 5.73 Å². The molecular weight excluding hydrogens is 248 g/mol. The lowest BCUT2D eigenvalue weighted by Gasteiger charge is -2.24. The largest absolute Gasteiger partial charge is 0.326 e. The van der Waals surface area contributed by atoms with Gasteiger partial charge in [0, 0.05) is 17.9 Å². The molecule has 0 aromatic carbocycles. The highest BCUT2D eigenvalue weighted by Gasteiger charge is 2.25. The maximum Gasteiger partial charge on any atom is 0.109 e. The van der Waals surface area contributed by atoms with Gasteiger partial charge in [0.2, 0.25) is 0 Å². The number of nitrogens with zero attached hydrogens (tertiary/aromatic N) is 3. The highest BCUT2D eigenvalue weighted by atomic mass is 15.3. The van der Waals surface area contributed by atoms with E-state index in [9.17, 15) is 0 Å². The normalized spacial score (nSPS) is 14.2. The number of hydrogen-bond acceptors (Lipinski definition) is 3. The van der Waals surface area contributed by atoms with Gasteiger partial charge in [-0.1, -0.05) is 19.9 Å². The molecule has 2 N–H and O–H groups in total. The molecule has 2 rings (SSSR count). The first kappa shape index (κ1) is 14.7. The highest BCUT2D eigenvalue weighted by Crippen LogP contribution is 2.25. The molecule has 2 aromatic rings. The van der Waals surface area contributed by atoms with E-state index in [0.29, 0.717) is 0 Å². The van der Waals surface area contributed by atoms with E-state index in [2.05, 4.69) is 37.4 Å². The molecule has 4 nitrogen and oxygen atoms in total. The smallest absolute Gasteiger partial charge is 0.109 e.